The van der Waals surface area contributed by atoms with Crippen molar-refractivity contribution in [2.24, 2.45) is 5.41 Å². The zero-order chi connectivity index (χ0) is 16.3. The maximum atomic E-state index is 12.5. The zero-order valence-corrected chi connectivity index (χ0v) is 13.2. The van der Waals surface area contributed by atoms with E-state index in [0.29, 0.717) is 19.4 Å². The van der Waals surface area contributed by atoms with E-state index in [0.717, 1.165) is 24.8 Å². The van der Waals surface area contributed by atoms with Gasteiger partial charge >= 0.3 is 5.97 Å². The third-order valence-electron chi connectivity index (χ3n) is 5.08. The molecule has 124 valence electrons. The summed E-state index contributed by atoms with van der Waals surface area (Å²) in [5, 5.41) is 12.4. The van der Waals surface area contributed by atoms with Gasteiger partial charge in [0, 0.05) is 13.0 Å². The van der Waals surface area contributed by atoms with Crippen LogP contribution in [-0.2, 0) is 14.3 Å². The van der Waals surface area contributed by atoms with Crippen molar-refractivity contribution in [1.82, 2.24) is 5.32 Å². The number of hydrogen-bond donors (Lipinski definition) is 2. The molecule has 1 amide bonds. The van der Waals surface area contributed by atoms with Gasteiger partial charge in [-0.05, 0) is 31.2 Å². The van der Waals surface area contributed by atoms with Gasteiger partial charge in [-0.1, -0.05) is 36.8 Å². The summed E-state index contributed by atoms with van der Waals surface area (Å²) in [6.45, 7) is 0.711. The van der Waals surface area contributed by atoms with Gasteiger partial charge in [0.15, 0.2) is 0 Å². The Kier molecular flexibility index (Phi) is 4.66. The molecule has 2 fully saturated rings. The molecule has 1 heterocycles. The Balaban J connectivity index is 1.71. The van der Waals surface area contributed by atoms with Crippen molar-refractivity contribution in [2.45, 2.75) is 50.7 Å². The molecular formula is C18H23NO4. The van der Waals surface area contributed by atoms with Crippen LogP contribution in [0.1, 0.15) is 50.1 Å². The Labute approximate surface area is 136 Å². The molecule has 1 saturated heterocycles. The van der Waals surface area contributed by atoms with Crippen LogP contribution in [0.5, 0.6) is 0 Å². The largest absolute Gasteiger partial charge is 0.481 e. The predicted octanol–water partition coefficient (Wildman–Crippen LogP) is 2.67. The van der Waals surface area contributed by atoms with Crippen molar-refractivity contribution in [1.29, 1.82) is 0 Å². The van der Waals surface area contributed by atoms with E-state index in [1.165, 1.54) is 0 Å². The van der Waals surface area contributed by atoms with E-state index >= 15 is 0 Å². The maximum absolute atomic E-state index is 12.5. The SMILES string of the molecule is O=C(CC1(C(=O)O)CCC1)NC(c1ccccc1)C1CCCO1. The van der Waals surface area contributed by atoms with Crippen LogP contribution in [0.2, 0.25) is 0 Å². The number of carbonyl (C=O) groups is 2. The number of amides is 1. The fraction of sp³-hybridized carbons (Fsp3) is 0.556. The van der Waals surface area contributed by atoms with Gasteiger partial charge in [-0.15, -0.1) is 0 Å². The summed E-state index contributed by atoms with van der Waals surface area (Å²) in [6, 6.07) is 9.55. The van der Waals surface area contributed by atoms with Crippen LogP contribution in [0.25, 0.3) is 0 Å². The predicted molar refractivity (Wildman–Crippen MR) is 84.8 cm³/mol. The average Bonchev–Trinajstić information content (AvgIpc) is 3.03. The van der Waals surface area contributed by atoms with Gasteiger partial charge in [-0.25, -0.2) is 0 Å². The summed E-state index contributed by atoms with van der Waals surface area (Å²) in [5.74, 6) is -1.05. The van der Waals surface area contributed by atoms with Crippen molar-refractivity contribution in [3.8, 4) is 0 Å². The number of hydrogen-bond acceptors (Lipinski definition) is 3. The molecule has 0 bridgehead atoms. The summed E-state index contributed by atoms with van der Waals surface area (Å²) in [7, 11) is 0. The zero-order valence-electron chi connectivity index (χ0n) is 13.2. The van der Waals surface area contributed by atoms with Crippen molar-refractivity contribution < 1.29 is 19.4 Å². The number of nitrogens with one attached hydrogen (secondary N) is 1. The molecule has 1 aromatic rings. The first-order valence-electron chi connectivity index (χ1n) is 8.30. The van der Waals surface area contributed by atoms with Gasteiger partial charge in [0.25, 0.3) is 0 Å². The van der Waals surface area contributed by atoms with Gasteiger partial charge in [0.2, 0.25) is 5.91 Å². The monoisotopic (exact) mass is 317 g/mol. The number of rotatable bonds is 6. The Morgan fingerprint density at radius 2 is 2.00 bits per heavy atom. The lowest BCUT2D eigenvalue weighted by molar-refractivity contribution is -0.157. The number of carboxylic acids is 1. The van der Waals surface area contributed by atoms with E-state index in [9.17, 15) is 14.7 Å². The van der Waals surface area contributed by atoms with E-state index in [1.807, 2.05) is 30.3 Å². The van der Waals surface area contributed by atoms with E-state index in [1.54, 1.807) is 0 Å². The number of ether oxygens (including phenoxy) is 1. The van der Waals surface area contributed by atoms with Crippen LogP contribution in [-0.4, -0.2) is 29.7 Å². The van der Waals surface area contributed by atoms with Gasteiger partial charge < -0.3 is 15.2 Å². The van der Waals surface area contributed by atoms with E-state index < -0.39 is 11.4 Å². The highest BCUT2D eigenvalue weighted by molar-refractivity contribution is 5.85. The highest BCUT2D eigenvalue weighted by Crippen LogP contribution is 2.44. The van der Waals surface area contributed by atoms with Gasteiger partial charge in [0.1, 0.15) is 0 Å². The summed E-state index contributed by atoms with van der Waals surface area (Å²) in [5.41, 5.74) is 0.146. The molecule has 3 rings (SSSR count). The second-order valence-electron chi connectivity index (χ2n) is 6.62. The van der Waals surface area contributed by atoms with Gasteiger partial charge in [-0.2, -0.15) is 0 Å². The summed E-state index contributed by atoms with van der Waals surface area (Å²) in [4.78, 5) is 23.9. The third kappa shape index (κ3) is 3.39. The fourth-order valence-corrected chi connectivity index (χ4v) is 3.52. The molecule has 5 nitrogen and oxygen atoms in total. The van der Waals surface area contributed by atoms with Crippen LogP contribution in [0, 0.1) is 5.41 Å². The molecule has 1 aliphatic carbocycles. The molecule has 0 spiro atoms. The van der Waals surface area contributed by atoms with Crippen molar-refractivity contribution in [3.63, 3.8) is 0 Å². The minimum atomic E-state index is -0.859. The second-order valence-corrected chi connectivity index (χ2v) is 6.62. The lowest BCUT2D eigenvalue weighted by Gasteiger charge is -2.37. The molecule has 0 radical (unpaired) electrons. The van der Waals surface area contributed by atoms with E-state index in [4.69, 9.17) is 4.74 Å². The quantitative estimate of drug-likeness (QED) is 0.846. The topological polar surface area (TPSA) is 75.6 Å². The maximum Gasteiger partial charge on any atom is 0.310 e. The molecule has 1 aromatic carbocycles. The van der Waals surface area contributed by atoms with Gasteiger partial charge in [0.05, 0.1) is 17.6 Å². The summed E-state index contributed by atoms with van der Waals surface area (Å²) in [6.07, 6.45) is 3.97. The van der Waals surface area contributed by atoms with Crippen molar-refractivity contribution >= 4 is 11.9 Å². The lowest BCUT2D eigenvalue weighted by Crippen LogP contribution is -2.44. The first kappa shape index (κ1) is 16.0. The average molecular weight is 317 g/mol. The Bertz CT molecular complexity index is 562. The molecule has 5 heteroatoms. The van der Waals surface area contributed by atoms with Crippen LogP contribution < -0.4 is 5.32 Å². The third-order valence-corrected chi connectivity index (χ3v) is 5.08. The molecule has 2 unspecified atom stereocenters. The van der Waals surface area contributed by atoms with Crippen molar-refractivity contribution in [3.05, 3.63) is 35.9 Å². The number of benzene rings is 1. The summed E-state index contributed by atoms with van der Waals surface area (Å²) >= 11 is 0. The minimum absolute atomic E-state index is 0.0384. The van der Waals surface area contributed by atoms with Gasteiger partial charge in [-0.3, -0.25) is 9.59 Å². The number of aliphatic carboxylic acids is 1. The highest BCUT2D eigenvalue weighted by Gasteiger charge is 2.46. The first-order chi connectivity index (χ1) is 11.1. The van der Waals surface area contributed by atoms with Crippen LogP contribution in [0.4, 0.5) is 0 Å². The lowest BCUT2D eigenvalue weighted by atomic mass is 9.66. The minimum Gasteiger partial charge on any atom is -0.481 e. The van der Waals surface area contributed by atoms with E-state index in [-0.39, 0.29) is 24.5 Å². The molecule has 0 aromatic heterocycles. The molecule has 2 atom stereocenters. The second kappa shape index (κ2) is 6.71. The molecule has 2 N–H and O–H groups in total. The number of carbonyl (C=O) groups excluding carboxylic acids is 1. The van der Waals surface area contributed by atoms with Crippen molar-refractivity contribution in [2.75, 3.05) is 6.61 Å². The molecule has 2 aliphatic rings. The first-order valence-corrected chi connectivity index (χ1v) is 8.30. The Morgan fingerprint density at radius 1 is 1.26 bits per heavy atom. The van der Waals surface area contributed by atoms with Crippen LogP contribution in [0.3, 0.4) is 0 Å². The highest BCUT2D eigenvalue weighted by atomic mass is 16.5. The molecular weight excluding hydrogens is 294 g/mol. The molecule has 1 saturated carbocycles. The number of carboxylic acid groups (broad SMARTS) is 1. The van der Waals surface area contributed by atoms with Crippen LogP contribution in [0.15, 0.2) is 30.3 Å². The Morgan fingerprint density at radius 3 is 2.52 bits per heavy atom. The molecule has 1 aliphatic heterocycles. The standard InChI is InChI=1S/C18H23NO4/c20-15(12-18(17(21)22)9-5-10-18)19-16(14-8-4-11-23-14)13-6-2-1-3-7-13/h1-3,6-7,14,16H,4-5,8-12H2,(H,19,20)(H,21,22). The Hall–Kier alpha value is -1.88. The normalized spacial score (nSPS) is 23.7. The smallest absolute Gasteiger partial charge is 0.310 e. The summed E-state index contributed by atoms with van der Waals surface area (Å²) < 4.78 is 5.76. The van der Waals surface area contributed by atoms with Crippen LogP contribution >= 0.6 is 0 Å². The fourth-order valence-electron chi connectivity index (χ4n) is 3.52. The molecule has 23 heavy (non-hydrogen) atoms. The van der Waals surface area contributed by atoms with E-state index in [2.05, 4.69) is 5.32 Å².